The summed E-state index contributed by atoms with van der Waals surface area (Å²) in [6.45, 7) is 5.00. The van der Waals surface area contributed by atoms with E-state index in [1.807, 2.05) is 11.8 Å². The second-order valence-electron chi connectivity index (χ2n) is 5.77. The Morgan fingerprint density at radius 2 is 2.00 bits per heavy atom. The van der Waals surface area contributed by atoms with Gasteiger partial charge in [-0.15, -0.1) is 0 Å². The normalized spacial score (nSPS) is 23.2. The van der Waals surface area contributed by atoms with Gasteiger partial charge in [0, 0.05) is 12.1 Å². The molecule has 16 heavy (non-hydrogen) atoms. The molecule has 1 aliphatic rings. The Hall–Kier alpha value is 0.270. The topological polar surface area (TPSA) is 32.3 Å². The van der Waals surface area contributed by atoms with Crippen molar-refractivity contribution >= 4 is 11.8 Å². The summed E-state index contributed by atoms with van der Waals surface area (Å²) in [7, 11) is 0. The van der Waals surface area contributed by atoms with Gasteiger partial charge in [0.25, 0.3) is 0 Å². The van der Waals surface area contributed by atoms with Gasteiger partial charge in [-0.2, -0.15) is 11.8 Å². The van der Waals surface area contributed by atoms with E-state index in [1.54, 1.807) is 0 Å². The Morgan fingerprint density at radius 1 is 1.38 bits per heavy atom. The lowest BCUT2D eigenvalue weighted by Crippen LogP contribution is -2.43. The Balaban J connectivity index is 2.25. The summed E-state index contributed by atoms with van der Waals surface area (Å²) in [6, 6.07) is 0.936. The standard InChI is InChI=1S/C13H27NOS/c1-13(2)7-4-11(5-8-13)14-12(10-15)6-9-16-3/h11-12,14-15H,4-10H2,1-3H3. The summed E-state index contributed by atoms with van der Waals surface area (Å²) in [4.78, 5) is 0. The highest BCUT2D eigenvalue weighted by Gasteiger charge is 2.27. The van der Waals surface area contributed by atoms with Crippen LogP contribution in [-0.2, 0) is 0 Å². The van der Waals surface area contributed by atoms with E-state index in [1.165, 1.54) is 25.7 Å². The van der Waals surface area contributed by atoms with Crippen LogP contribution in [0.3, 0.4) is 0 Å². The second-order valence-corrected chi connectivity index (χ2v) is 6.75. The van der Waals surface area contributed by atoms with Gasteiger partial charge >= 0.3 is 0 Å². The molecule has 0 heterocycles. The van der Waals surface area contributed by atoms with E-state index in [0.717, 1.165) is 12.2 Å². The van der Waals surface area contributed by atoms with Crippen molar-refractivity contribution in [1.29, 1.82) is 0 Å². The van der Waals surface area contributed by atoms with Gasteiger partial charge in [-0.25, -0.2) is 0 Å². The zero-order valence-corrected chi connectivity index (χ0v) is 11.8. The lowest BCUT2D eigenvalue weighted by atomic mass is 9.75. The molecule has 1 unspecified atom stereocenters. The maximum absolute atomic E-state index is 9.31. The summed E-state index contributed by atoms with van der Waals surface area (Å²) in [5, 5.41) is 12.9. The van der Waals surface area contributed by atoms with Gasteiger partial charge in [-0.3, -0.25) is 0 Å². The van der Waals surface area contributed by atoms with E-state index in [-0.39, 0.29) is 6.61 Å². The highest BCUT2D eigenvalue weighted by Crippen LogP contribution is 2.35. The number of aliphatic hydroxyl groups is 1. The number of hydrogen-bond acceptors (Lipinski definition) is 3. The SMILES string of the molecule is CSCCC(CO)NC1CCC(C)(C)CC1. The van der Waals surface area contributed by atoms with Gasteiger partial charge in [0.2, 0.25) is 0 Å². The molecule has 1 atom stereocenters. The summed E-state index contributed by atoms with van der Waals surface area (Å²) < 4.78 is 0. The first-order valence-electron chi connectivity index (χ1n) is 6.43. The van der Waals surface area contributed by atoms with Crippen LogP contribution in [0.15, 0.2) is 0 Å². The first-order chi connectivity index (χ1) is 7.57. The number of nitrogens with one attached hydrogen (secondary N) is 1. The van der Waals surface area contributed by atoms with E-state index in [9.17, 15) is 5.11 Å². The molecule has 0 amide bonds. The predicted molar refractivity (Wildman–Crippen MR) is 73.0 cm³/mol. The smallest absolute Gasteiger partial charge is 0.0585 e. The highest BCUT2D eigenvalue weighted by atomic mass is 32.2. The molecule has 1 rings (SSSR count). The van der Waals surface area contributed by atoms with E-state index >= 15 is 0 Å². The van der Waals surface area contributed by atoms with E-state index < -0.39 is 0 Å². The third kappa shape index (κ3) is 5.07. The highest BCUT2D eigenvalue weighted by molar-refractivity contribution is 7.98. The first-order valence-corrected chi connectivity index (χ1v) is 7.82. The Kier molecular flexibility index (Phi) is 6.16. The second kappa shape index (κ2) is 6.87. The molecule has 1 saturated carbocycles. The van der Waals surface area contributed by atoms with Crippen molar-refractivity contribution in [2.24, 2.45) is 5.41 Å². The van der Waals surface area contributed by atoms with Crippen LogP contribution in [0.2, 0.25) is 0 Å². The molecule has 0 spiro atoms. The molecule has 0 aliphatic heterocycles. The molecule has 0 aromatic carbocycles. The molecule has 0 saturated heterocycles. The third-order valence-corrected chi connectivity index (χ3v) is 4.35. The van der Waals surface area contributed by atoms with Crippen molar-refractivity contribution in [1.82, 2.24) is 5.32 Å². The van der Waals surface area contributed by atoms with Crippen molar-refractivity contribution in [3.05, 3.63) is 0 Å². The molecule has 1 aliphatic carbocycles. The molecule has 3 heteroatoms. The summed E-state index contributed by atoms with van der Waals surface area (Å²) >= 11 is 1.86. The minimum atomic E-state index is 0.278. The molecule has 0 bridgehead atoms. The van der Waals surface area contributed by atoms with E-state index in [0.29, 0.717) is 17.5 Å². The first kappa shape index (κ1) is 14.3. The Labute approximate surface area is 105 Å². The van der Waals surface area contributed by atoms with E-state index in [2.05, 4.69) is 25.4 Å². The average Bonchev–Trinajstić information content (AvgIpc) is 2.26. The predicted octanol–water partition coefficient (Wildman–Crippen LogP) is 2.66. The monoisotopic (exact) mass is 245 g/mol. The molecule has 96 valence electrons. The molecule has 0 radical (unpaired) electrons. The minimum absolute atomic E-state index is 0.278. The van der Waals surface area contributed by atoms with Gasteiger partial charge in [0.1, 0.15) is 0 Å². The van der Waals surface area contributed by atoms with Gasteiger partial charge in [0.15, 0.2) is 0 Å². The van der Waals surface area contributed by atoms with Crippen LogP contribution >= 0.6 is 11.8 Å². The molecule has 0 aromatic heterocycles. The number of hydrogen-bond donors (Lipinski definition) is 2. The van der Waals surface area contributed by atoms with Crippen molar-refractivity contribution in [3.8, 4) is 0 Å². The molecular formula is C13H27NOS. The quantitative estimate of drug-likeness (QED) is 0.754. The number of aliphatic hydroxyl groups excluding tert-OH is 1. The van der Waals surface area contributed by atoms with Crippen LogP contribution < -0.4 is 5.32 Å². The number of rotatable bonds is 6. The van der Waals surface area contributed by atoms with Gasteiger partial charge in [0.05, 0.1) is 6.61 Å². The zero-order valence-electron chi connectivity index (χ0n) is 11.0. The number of thioether (sulfide) groups is 1. The Bertz CT molecular complexity index is 186. The molecule has 2 nitrogen and oxygen atoms in total. The summed E-state index contributed by atoms with van der Waals surface area (Å²) in [5.74, 6) is 1.14. The van der Waals surface area contributed by atoms with Crippen LogP contribution in [0.25, 0.3) is 0 Å². The van der Waals surface area contributed by atoms with Crippen LogP contribution in [0.5, 0.6) is 0 Å². The van der Waals surface area contributed by atoms with Crippen molar-refractivity contribution in [2.75, 3.05) is 18.6 Å². The van der Waals surface area contributed by atoms with E-state index in [4.69, 9.17) is 0 Å². The third-order valence-electron chi connectivity index (χ3n) is 3.70. The summed E-state index contributed by atoms with van der Waals surface area (Å²) in [5.41, 5.74) is 0.534. The van der Waals surface area contributed by atoms with Crippen LogP contribution in [-0.4, -0.2) is 35.8 Å². The van der Waals surface area contributed by atoms with Crippen molar-refractivity contribution in [2.45, 2.75) is 58.0 Å². The fraction of sp³-hybridized carbons (Fsp3) is 1.00. The lowest BCUT2D eigenvalue weighted by Gasteiger charge is -2.36. The average molecular weight is 245 g/mol. The fourth-order valence-electron chi connectivity index (χ4n) is 2.39. The van der Waals surface area contributed by atoms with Crippen molar-refractivity contribution in [3.63, 3.8) is 0 Å². The molecule has 2 N–H and O–H groups in total. The molecule has 1 fully saturated rings. The molecule has 0 aromatic rings. The van der Waals surface area contributed by atoms with Crippen molar-refractivity contribution < 1.29 is 5.11 Å². The largest absolute Gasteiger partial charge is 0.395 e. The molecular weight excluding hydrogens is 218 g/mol. The zero-order chi connectivity index (χ0) is 12.0. The maximum Gasteiger partial charge on any atom is 0.0585 e. The minimum Gasteiger partial charge on any atom is -0.395 e. The maximum atomic E-state index is 9.31. The summed E-state index contributed by atoms with van der Waals surface area (Å²) in [6.07, 6.45) is 8.36. The van der Waals surface area contributed by atoms with Crippen LogP contribution in [0.4, 0.5) is 0 Å². The van der Waals surface area contributed by atoms with Crippen LogP contribution in [0, 0.1) is 5.41 Å². The van der Waals surface area contributed by atoms with Gasteiger partial charge in [-0.1, -0.05) is 13.8 Å². The Morgan fingerprint density at radius 3 is 2.50 bits per heavy atom. The lowest BCUT2D eigenvalue weighted by molar-refractivity contribution is 0.173. The van der Waals surface area contributed by atoms with Gasteiger partial charge in [-0.05, 0) is 49.5 Å². The van der Waals surface area contributed by atoms with Crippen LogP contribution in [0.1, 0.15) is 46.0 Å². The fourth-order valence-corrected chi connectivity index (χ4v) is 2.91. The van der Waals surface area contributed by atoms with Gasteiger partial charge < -0.3 is 10.4 Å².